The Hall–Kier alpha value is -1.64. The van der Waals surface area contributed by atoms with E-state index in [1.165, 1.54) is 10.4 Å². The third-order valence-corrected chi connectivity index (χ3v) is 7.20. The Morgan fingerprint density at radius 3 is 2.56 bits per heavy atom. The molecule has 1 aliphatic carbocycles. The molecule has 1 saturated carbocycles. The highest BCUT2D eigenvalue weighted by molar-refractivity contribution is 7.89. The number of rotatable bonds is 9. The molecule has 2 rings (SSSR count). The average Bonchev–Trinajstić information content (AvgIpc) is 3.12. The maximum absolute atomic E-state index is 13.0. The molecule has 0 spiro atoms. The minimum atomic E-state index is -3.71. The van der Waals surface area contributed by atoms with Gasteiger partial charge in [-0.25, -0.2) is 8.42 Å². The standard InChI is InChI=1S/C19H31N3O4S/c1-4-22(5-2)27(24,25)18-12-15(10-11-17(18)26-6-3)21-19(23)16-9-7-8-14(16)13-20/h10-12,14,16H,4-9,13,20H2,1-3H3,(H,21,23)/t14-,16-/m1/s1. The van der Waals surface area contributed by atoms with Gasteiger partial charge in [0.25, 0.3) is 0 Å². The van der Waals surface area contributed by atoms with Crippen LogP contribution in [0.25, 0.3) is 0 Å². The van der Waals surface area contributed by atoms with Gasteiger partial charge in [0.1, 0.15) is 10.6 Å². The Morgan fingerprint density at radius 1 is 1.26 bits per heavy atom. The fourth-order valence-electron chi connectivity index (χ4n) is 3.66. The van der Waals surface area contributed by atoms with Gasteiger partial charge >= 0.3 is 0 Å². The van der Waals surface area contributed by atoms with Crippen LogP contribution in [0.2, 0.25) is 0 Å². The Kier molecular flexibility index (Phi) is 7.64. The summed E-state index contributed by atoms with van der Waals surface area (Å²) in [7, 11) is -3.71. The summed E-state index contributed by atoms with van der Waals surface area (Å²) in [5.74, 6) is 0.261. The molecule has 0 saturated heterocycles. The summed E-state index contributed by atoms with van der Waals surface area (Å²) in [6, 6.07) is 4.77. The minimum Gasteiger partial charge on any atom is -0.492 e. The number of carbonyl (C=O) groups excluding carboxylic acids is 1. The van der Waals surface area contributed by atoms with Crippen LogP contribution in [0.3, 0.4) is 0 Å². The van der Waals surface area contributed by atoms with E-state index >= 15 is 0 Å². The lowest BCUT2D eigenvalue weighted by atomic mass is 9.95. The Balaban J connectivity index is 2.33. The number of benzene rings is 1. The first-order valence-electron chi connectivity index (χ1n) is 9.66. The first kappa shape index (κ1) is 21.7. The second kappa shape index (κ2) is 9.52. The van der Waals surface area contributed by atoms with Crippen molar-refractivity contribution >= 4 is 21.6 Å². The van der Waals surface area contributed by atoms with E-state index in [2.05, 4.69) is 5.32 Å². The molecule has 0 radical (unpaired) electrons. The zero-order valence-corrected chi connectivity index (χ0v) is 17.2. The second-order valence-corrected chi connectivity index (χ2v) is 8.61. The summed E-state index contributed by atoms with van der Waals surface area (Å²) in [5, 5.41) is 2.87. The largest absolute Gasteiger partial charge is 0.492 e. The highest BCUT2D eigenvalue weighted by Gasteiger charge is 2.32. The smallest absolute Gasteiger partial charge is 0.246 e. The fourth-order valence-corrected chi connectivity index (χ4v) is 5.28. The molecule has 152 valence electrons. The van der Waals surface area contributed by atoms with E-state index in [0.717, 1.165) is 19.3 Å². The van der Waals surface area contributed by atoms with Gasteiger partial charge in [0.15, 0.2) is 0 Å². The molecule has 7 nitrogen and oxygen atoms in total. The number of nitrogens with zero attached hydrogens (tertiary/aromatic N) is 1. The summed E-state index contributed by atoms with van der Waals surface area (Å²) >= 11 is 0. The van der Waals surface area contributed by atoms with Gasteiger partial charge in [0.05, 0.1) is 6.61 Å². The van der Waals surface area contributed by atoms with E-state index in [1.807, 2.05) is 0 Å². The molecule has 27 heavy (non-hydrogen) atoms. The predicted octanol–water partition coefficient (Wildman–Crippen LogP) is 2.43. The molecular formula is C19H31N3O4S. The molecule has 0 aliphatic heterocycles. The number of carbonyl (C=O) groups is 1. The summed E-state index contributed by atoms with van der Waals surface area (Å²) in [6.45, 7) is 6.95. The number of hydrogen-bond donors (Lipinski definition) is 2. The van der Waals surface area contributed by atoms with Gasteiger partial charge in [-0.1, -0.05) is 20.3 Å². The van der Waals surface area contributed by atoms with E-state index in [4.69, 9.17) is 10.5 Å². The van der Waals surface area contributed by atoms with E-state index < -0.39 is 10.0 Å². The van der Waals surface area contributed by atoms with Crippen LogP contribution in [0, 0.1) is 11.8 Å². The highest BCUT2D eigenvalue weighted by atomic mass is 32.2. The van der Waals surface area contributed by atoms with Crippen LogP contribution in [0.1, 0.15) is 40.0 Å². The molecular weight excluding hydrogens is 366 g/mol. The lowest BCUT2D eigenvalue weighted by molar-refractivity contribution is -0.120. The van der Waals surface area contributed by atoms with Crippen molar-refractivity contribution in [3.05, 3.63) is 18.2 Å². The normalized spacial score (nSPS) is 20.0. The maximum Gasteiger partial charge on any atom is 0.246 e. The fraction of sp³-hybridized carbons (Fsp3) is 0.632. The average molecular weight is 398 g/mol. The van der Waals surface area contributed by atoms with Gasteiger partial charge < -0.3 is 15.8 Å². The summed E-state index contributed by atoms with van der Waals surface area (Å²) < 4.78 is 32.9. The Morgan fingerprint density at radius 2 is 1.96 bits per heavy atom. The monoisotopic (exact) mass is 397 g/mol. The van der Waals surface area contributed by atoms with Gasteiger partial charge in [-0.2, -0.15) is 4.31 Å². The van der Waals surface area contributed by atoms with Gasteiger partial charge in [-0.3, -0.25) is 4.79 Å². The van der Waals surface area contributed by atoms with Crippen LogP contribution in [0.5, 0.6) is 5.75 Å². The highest BCUT2D eigenvalue weighted by Crippen LogP contribution is 2.33. The zero-order valence-electron chi connectivity index (χ0n) is 16.4. The molecule has 1 amide bonds. The molecule has 0 heterocycles. The van der Waals surface area contributed by atoms with Crippen molar-refractivity contribution in [1.29, 1.82) is 0 Å². The lowest BCUT2D eigenvalue weighted by Gasteiger charge is -2.22. The molecule has 0 bridgehead atoms. The summed E-state index contributed by atoms with van der Waals surface area (Å²) in [4.78, 5) is 12.7. The number of ether oxygens (including phenoxy) is 1. The molecule has 8 heteroatoms. The van der Waals surface area contributed by atoms with Crippen molar-refractivity contribution in [3.63, 3.8) is 0 Å². The Labute approximate surface area is 162 Å². The molecule has 0 aromatic heterocycles. The third-order valence-electron chi connectivity index (χ3n) is 5.13. The van der Waals surface area contributed by atoms with Crippen molar-refractivity contribution < 1.29 is 17.9 Å². The van der Waals surface area contributed by atoms with Crippen LogP contribution in [0.15, 0.2) is 23.1 Å². The zero-order chi connectivity index (χ0) is 20.0. The number of nitrogens with one attached hydrogen (secondary N) is 1. The van der Waals surface area contributed by atoms with Crippen LogP contribution in [0.4, 0.5) is 5.69 Å². The summed E-state index contributed by atoms with van der Waals surface area (Å²) in [5.41, 5.74) is 6.23. The van der Waals surface area contributed by atoms with Gasteiger partial charge in [-0.05, 0) is 50.4 Å². The molecule has 1 aliphatic rings. The third kappa shape index (κ3) is 4.80. The Bertz CT molecular complexity index is 747. The van der Waals surface area contributed by atoms with E-state index in [-0.39, 0.29) is 22.6 Å². The lowest BCUT2D eigenvalue weighted by Crippen LogP contribution is -2.31. The van der Waals surface area contributed by atoms with E-state index in [1.54, 1.807) is 32.9 Å². The van der Waals surface area contributed by atoms with Crippen LogP contribution in [-0.2, 0) is 14.8 Å². The number of amides is 1. The number of sulfonamides is 1. The topological polar surface area (TPSA) is 102 Å². The maximum atomic E-state index is 13.0. The molecule has 0 unspecified atom stereocenters. The molecule has 1 aromatic rings. The van der Waals surface area contributed by atoms with Crippen molar-refractivity contribution in [2.75, 3.05) is 31.6 Å². The van der Waals surface area contributed by atoms with Gasteiger partial charge in [0, 0.05) is 24.7 Å². The number of hydrogen-bond acceptors (Lipinski definition) is 5. The van der Waals surface area contributed by atoms with Crippen molar-refractivity contribution in [1.82, 2.24) is 4.31 Å². The first-order chi connectivity index (χ1) is 12.9. The second-order valence-electron chi connectivity index (χ2n) is 6.71. The van der Waals surface area contributed by atoms with Crippen molar-refractivity contribution in [2.24, 2.45) is 17.6 Å². The molecule has 3 N–H and O–H groups in total. The van der Waals surface area contributed by atoms with Crippen molar-refractivity contribution in [3.8, 4) is 5.75 Å². The van der Waals surface area contributed by atoms with E-state index in [9.17, 15) is 13.2 Å². The first-order valence-corrected chi connectivity index (χ1v) is 11.1. The number of nitrogens with two attached hydrogens (primary N) is 1. The minimum absolute atomic E-state index is 0.0765. The summed E-state index contributed by atoms with van der Waals surface area (Å²) in [6.07, 6.45) is 2.76. The predicted molar refractivity (Wildman–Crippen MR) is 106 cm³/mol. The van der Waals surface area contributed by atoms with Crippen LogP contribution < -0.4 is 15.8 Å². The van der Waals surface area contributed by atoms with Crippen LogP contribution >= 0.6 is 0 Å². The molecule has 1 aromatic carbocycles. The quantitative estimate of drug-likeness (QED) is 0.666. The SMILES string of the molecule is CCOc1ccc(NC(=O)[C@@H]2CCC[C@@H]2CN)cc1S(=O)(=O)N(CC)CC. The molecule has 2 atom stereocenters. The van der Waals surface area contributed by atoms with Crippen molar-refractivity contribution in [2.45, 2.75) is 44.9 Å². The van der Waals surface area contributed by atoms with Crippen LogP contribution in [-0.4, -0.2) is 44.9 Å². The van der Waals surface area contributed by atoms with Gasteiger partial charge in [-0.15, -0.1) is 0 Å². The van der Waals surface area contributed by atoms with Gasteiger partial charge in [0.2, 0.25) is 15.9 Å². The van der Waals surface area contributed by atoms with E-state index in [0.29, 0.717) is 37.7 Å². The molecule has 1 fully saturated rings. The number of anilines is 1.